The molecule has 25 heavy (non-hydrogen) atoms. The van der Waals surface area contributed by atoms with Crippen LogP contribution in [0, 0.1) is 0 Å². The van der Waals surface area contributed by atoms with Gasteiger partial charge in [-0.15, -0.1) is 0 Å². The van der Waals surface area contributed by atoms with Crippen molar-refractivity contribution in [2.75, 3.05) is 6.61 Å². The summed E-state index contributed by atoms with van der Waals surface area (Å²) in [7, 11) is 0. The number of ether oxygens (including phenoxy) is 1. The zero-order chi connectivity index (χ0) is 19.8. The van der Waals surface area contributed by atoms with Gasteiger partial charge >= 0.3 is 117 Å². The van der Waals surface area contributed by atoms with Crippen molar-refractivity contribution in [1.29, 1.82) is 0 Å². The van der Waals surface area contributed by atoms with Gasteiger partial charge in [0.2, 0.25) is 0 Å². The first-order valence-electron chi connectivity index (χ1n) is 9.21. The van der Waals surface area contributed by atoms with Gasteiger partial charge in [0.1, 0.15) is 12.2 Å². The second-order valence-corrected chi connectivity index (χ2v) is 8.91. The molecule has 0 bridgehead atoms. The summed E-state index contributed by atoms with van der Waals surface area (Å²) in [4.78, 5) is 20.6. The first-order valence-corrected chi connectivity index (χ1v) is 12.2. The molecule has 0 rings (SSSR count). The first kappa shape index (κ1) is 27.1. The molecule has 0 saturated carbocycles. The van der Waals surface area contributed by atoms with Crippen molar-refractivity contribution in [2.24, 2.45) is 0 Å². The third kappa shape index (κ3) is 18.5. The maximum atomic E-state index is 10.4. The fraction of sp³-hybridized carbons (Fsp3) is 0.889. The van der Waals surface area contributed by atoms with Gasteiger partial charge in [-0.05, 0) is 13.8 Å². The third-order valence-corrected chi connectivity index (χ3v) is 7.70. The van der Waals surface area contributed by atoms with Crippen molar-refractivity contribution in [3.63, 3.8) is 0 Å². The number of ketones is 1. The number of Topliss-reactive ketones (excluding diaryl/α,β-unsaturated/α-hetero) is 1. The Bertz CT molecular complexity index is 322. The minimum Gasteiger partial charge on any atom is -0.466 e. The third-order valence-electron chi connectivity index (χ3n) is 3.32. The molecule has 3 atom stereocenters. The smallest absolute Gasteiger partial charge is 0.313 e. The fourth-order valence-corrected chi connectivity index (χ4v) is 5.30. The van der Waals surface area contributed by atoms with Gasteiger partial charge in [0.05, 0.1) is 6.61 Å². The van der Waals surface area contributed by atoms with Gasteiger partial charge < -0.3 is 4.74 Å². The van der Waals surface area contributed by atoms with E-state index in [0.717, 1.165) is 19.3 Å². The van der Waals surface area contributed by atoms with Gasteiger partial charge in [0, 0.05) is 0 Å². The van der Waals surface area contributed by atoms with E-state index in [0.29, 0.717) is 6.61 Å². The van der Waals surface area contributed by atoms with Crippen LogP contribution < -0.4 is 0 Å². The standard InChI is InChI=1S/C6H10O3.3C4H9O.Zr/c1-3-9-6(8)4-5(2)7;3*1-3-4(2)5;/h3-4H2,1-2H3;3*4H,3H2,1-2H3;/q;3*-1;+3. The number of hydrogen-bond donors (Lipinski definition) is 0. The summed E-state index contributed by atoms with van der Waals surface area (Å²) in [6.45, 7) is 16.0. The van der Waals surface area contributed by atoms with Crippen LogP contribution in [0.15, 0.2) is 0 Å². The molecule has 0 heterocycles. The zero-order valence-electron chi connectivity index (χ0n) is 17.2. The van der Waals surface area contributed by atoms with Crippen molar-refractivity contribution in [3.05, 3.63) is 0 Å². The molecule has 0 aromatic rings. The molecular weight excluding hydrogens is 403 g/mol. The molecule has 149 valence electrons. The van der Waals surface area contributed by atoms with Crippen molar-refractivity contribution in [3.8, 4) is 0 Å². The molecule has 3 unspecified atom stereocenters. The molecule has 0 amide bonds. The topological polar surface area (TPSA) is 71.1 Å². The fourth-order valence-electron chi connectivity index (χ4n) is 1.24. The Labute approximate surface area is 163 Å². The van der Waals surface area contributed by atoms with E-state index in [9.17, 15) is 9.59 Å². The normalized spacial score (nSPS) is 13.9. The quantitative estimate of drug-likeness (QED) is 0.332. The van der Waals surface area contributed by atoms with Crippen molar-refractivity contribution >= 4 is 11.8 Å². The van der Waals surface area contributed by atoms with Crippen LogP contribution in [0.25, 0.3) is 0 Å². The summed E-state index contributed by atoms with van der Waals surface area (Å²) in [5.74, 6) is -0.599. The summed E-state index contributed by atoms with van der Waals surface area (Å²) in [6.07, 6.45) is 3.69. The summed E-state index contributed by atoms with van der Waals surface area (Å²) in [5.41, 5.74) is 0. The Morgan fingerprint density at radius 2 is 1.16 bits per heavy atom. The molecule has 6 nitrogen and oxygen atoms in total. The largest absolute Gasteiger partial charge is 0.466 e. The van der Waals surface area contributed by atoms with E-state index in [2.05, 4.69) is 46.3 Å². The maximum Gasteiger partial charge on any atom is 0.313 e. The summed E-state index contributed by atoms with van der Waals surface area (Å²) in [6, 6.07) is 0. The number of carbonyl (C=O) groups excluding carboxylic acids is 2. The van der Waals surface area contributed by atoms with Crippen LogP contribution >= 0.6 is 0 Å². The van der Waals surface area contributed by atoms with E-state index in [1.807, 2.05) is 0 Å². The van der Waals surface area contributed by atoms with Crippen molar-refractivity contribution in [1.82, 2.24) is 0 Å². The summed E-state index contributed by atoms with van der Waals surface area (Å²) in [5, 5.41) is 0. The van der Waals surface area contributed by atoms with Crippen LogP contribution in [-0.4, -0.2) is 36.7 Å². The minimum atomic E-state index is -2.56. The number of esters is 1. The van der Waals surface area contributed by atoms with Gasteiger partial charge in [-0.1, -0.05) is 0 Å². The molecule has 0 aromatic heterocycles. The summed E-state index contributed by atoms with van der Waals surface area (Å²) >= 11 is -2.56. The molecule has 0 N–H and O–H groups in total. The van der Waals surface area contributed by atoms with E-state index in [1.54, 1.807) is 6.92 Å². The van der Waals surface area contributed by atoms with Gasteiger partial charge in [0.15, 0.2) is 0 Å². The van der Waals surface area contributed by atoms with Crippen LogP contribution in [0.3, 0.4) is 0 Å². The Morgan fingerprint density at radius 3 is 1.40 bits per heavy atom. The average Bonchev–Trinajstić information content (AvgIpc) is 2.54. The Balaban J connectivity index is 0. The maximum absolute atomic E-state index is 10.4. The van der Waals surface area contributed by atoms with Gasteiger partial charge in [-0.2, -0.15) is 0 Å². The van der Waals surface area contributed by atoms with Crippen molar-refractivity contribution in [2.45, 2.75) is 99.4 Å². The van der Waals surface area contributed by atoms with E-state index >= 15 is 0 Å². The van der Waals surface area contributed by atoms with E-state index in [1.165, 1.54) is 6.92 Å². The van der Waals surface area contributed by atoms with E-state index in [4.69, 9.17) is 8.44 Å². The first-order chi connectivity index (χ1) is 11.7. The molecule has 0 spiro atoms. The monoisotopic (exact) mass is 439 g/mol. The predicted octanol–water partition coefficient (Wildman–Crippen LogP) is 4.32. The van der Waals surface area contributed by atoms with Crippen LogP contribution in [0.1, 0.15) is 81.1 Å². The van der Waals surface area contributed by atoms with Gasteiger partial charge in [-0.25, -0.2) is 0 Å². The van der Waals surface area contributed by atoms with Crippen LogP contribution in [0.5, 0.6) is 0 Å². The van der Waals surface area contributed by atoms with Crippen LogP contribution in [0.2, 0.25) is 0 Å². The second-order valence-electron chi connectivity index (χ2n) is 5.94. The van der Waals surface area contributed by atoms with Crippen LogP contribution in [0.4, 0.5) is 0 Å². The van der Waals surface area contributed by atoms with Crippen LogP contribution in [-0.2, 0) is 45.8 Å². The molecule has 0 fully saturated rings. The predicted molar refractivity (Wildman–Crippen MR) is 94.4 cm³/mol. The molecule has 0 radical (unpaired) electrons. The van der Waals surface area contributed by atoms with Gasteiger partial charge in [-0.3, -0.25) is 9.59 Å². The second kappa shape index (κ2) is 17.3. The van der Waals surface area contributed by atoms with Gasteiger partial charge in [0.25, 0.3) is 0 Å². The molecule has 0 saturated heterocycles. The molecule has 0 aromatic carbocycles. The molecule has 0 aliphatic carbocycles. The Kier molecular flexibility index (Phi) is 18.8. The number of carbonyl (C=O) groups is 2. The average molecular weight is 441 g/mol. The molecule has 7 heteroatoms. The minimum absolute atomic E-state index is 0.103. The number of rotatable bonds is 12. The van der Waals surface area contributed by atoms with E-state index < -0.39 is 29.0 Å². The molecular formula is C18H37O6Zr. The SMILES string of the molecule is CCC(C)[O][Zr]([O]C(C)CC)[O]C(C)CC.CCOC(=O)CC(C)=O. The number of hydrogen-bond acceptors (Lipinski definition) is 6. The molecule has 0 aliphatic rings. The molecule has 0 aliphatic heterocycles. The zero-order valence-corrected chi connectivity index (χ0v) is 19.7. The Hall–Kier alpha value is -0.0969. The summed E-state index contributed by atoms with van der Waals surface area (Å²) < 4.78 is 22.2. The van der Waals surface area contributed by atoms with E-state index in [-0.39, 0.29) is 30.5 Å². The van der Waals surface area contributed by atoms with Crippen molar-refractivity contribution < 1.29 is 45.8 Å². The Morgan fingerprint density at radius 1 is 0.800 bits per heavy atom.